The lowest BCUT2D eigenvalue weighted by Crippen LogP contribution is -2.32. The molecule has 0 radical (unpaired) electrons. The van der Waals surface area contributed by atoms with Crippen molar-refractivity contribution in [2.24, 2.45) is 0 Å². The molecule has 0 atom stereocenters. The van der Waals surface area contributed by atoms with Crippen LogP contribution >= 0.6 is 35.0 Å². The van der Waals surface area contributed by atoms with Crippen LogP contribution in [0.3, 0.4) is 0 Å². The van der Waals surface area contributed by atoms with Gasteiger partial charge < -0.3 is 5.32 Å². The summed E-state index contributed by atoms with van der Waals surface area (Å²) in [6.07, 6.45) is 0.781. The summed E-state index contributed by atoms with van der Waals surface area (Å²) < 4.78 is 0. The maximum Gasteiger partial charge on any atom is 0.283 e. The van der Waals surface area contributed by atoms with Crippen LogP contribution in [-0.4, -0.2) is 11.8 Å². The first-order chi connectivity index (χ1) is 15.4. The van der Waals surface area contributed by atoms with Crippen molar-refractivity contribution >= 4 is 58.2 Å². The number of halogens is 2. The first kappa shape index (κ1) is 22.5. The normalized spacial score (nSPS) is 13.8. The molecular weight excluding hydrogens is 463 g/mol. The van der Waals surface area contributed by atoms with Gasteiger partial charge >= 0.3 is 0 Å². The molecule has 1 N–H and O–H groups in total. The van der Waals surface area contributed by atoms with Crippen molar-refractivity contribution in [3.05, 3.63) is 98.5 Å². The number of anilines is 2. The number of benzene rings is 3. The second kappa shape index (κ2) is 9.41. The Morgan fingerprint density at radius 1 is 0.938 bits per heavy atom. The first-order valence-corrected chi connectivity index (χ1v) is 11.6. The quantitative estimate of drug-likeness (QED) is 0.390. The second-order valence-electron chi connectivity index (χ2n) is 7.30. The third-order valence-corrected chi connectivity index (χ3v) is 6.73. The number of nitrogens with one attached hydrogen (secondary N) is 1. The lowest BCUT2D eigenvalue weighted by Gasteiger charge is -2.17. The van der Waals surface area contributed by atoms with Crippen molar-refractivity contribution in [3.63, 3.8) is 0 Å². The van der Waals surface area contributed by atoms with Gasteiger partial charge in [0.25, 0.3) is 11.8 Å². The zero-order valence-electron chi connectivity index (χ0n) is 17.5. The van der Waals surface area contributed by atoms with Crippen molar-refractivity contribution < 1.29 is 9.59 Å². The van der Waals surface area contributed by atoms with Crippen LogP contribution in [-0.2, 0) is 16.0 Å². The zero-order chi connectivity index (χ0) is 22.8. The Morgan fingerprint density at radius 2 is 1.66 bits per heavy atom. The standard InChI is InChI=1S/C25H20Cl2N2O2S/c1-3-16-6-4-5-7-20(16)28-22-23(32-18-11-8-15(2)9-12-18)25(31)29(24(22)30)21-14-17(26)10-13-19(21)27/h4-14,28H,3H2,1-2H3. The maximum atomic E-state index is 13.5. The highest BCUT2D eigenvalue weighted by Gasteiger charge is 2.41. The van der Waals surface area contributed by atoms with E-state index in [9.17, 15) is 9.59 Å². The molecule has 3 aromatic carbocycles. The van der Waals surface area contributed by atoms with Crippen LogP contribution in [0, 0.1) is 6.92 Å². The fourth-order valence-electron chi connectivity index (χ4n) is 3.40. The molecule has 0 spiro atoms. The fraction of sp³-hybridized carbons (Fsp3) is 0.120. The molecule has 0 aromatic heterocycles. The molecule has 4 nitrogen and oxygen atoms in total. The number of aryl methyl sites for hydroxylation is 2. The van der Waals surface area contributed by atoms with E-state index >= 15 is 0 Å². The van der Waals surface area contributed by atoms with Gasteiger partial charge in [0.15, 0.2) is 0 Å². The van der Waals surface area contributed by atoms with Gasteiger partial charge in [-0.3, -0.25) is 9.59 Å². The van der Waals surface area contributed by atoms with Crippen molar-refractivity contribution in [2.45, 2.75) is 25.2 Å². The Morgan fingerprint density at radius 3 is 2.38 bits per heavy atom. The van der Waals surface area contributed by atoms with Gasteiger partial charge in [-0.1, -0.05) is 77.8 Å². The highest BCUT2D eigenvalue weighted by atomic mass is 35.5. The Hall–Kier alpha value is -2.73. The molecule has 0 saturated heterocycles. The second-order valence-corrected chi connectivity index (χ2v) is 9.22. The van der Waals surface area contributed by atoms with Crippen molar-refractivity contribution in [3.8, 4) is 0 Å². The Bertz CT molecular complexity index is 1240. The molecule has 1 aliphatic rings. The van der Waals surface area contributed by atoms with Crippen molar-refractivity contribution in [2.75, 3.05) is 10.2 Å². The summed E-state index contributed by atoms with van der Waals surface area (Å²) in [5, 5.41) is 3.88. The van der Waals surface area contributed by atoms with Gasteiger partial charge in [0, 0.05) is 15.6 Å². The lowest BCUT2D eigenvalue weighted by molar-refractivity contribution is -0.120. The summed E-state index contributed by atoms with van der Waals surface area (Å²) in [6.45, 7) is 4.03. The molecule has 32 heavy (non-hydrogen) atoms. The number of para-hydroxylation sites is 1. The molecule has 2 amide bonds. The number of imide groups is 1. The van der Waals surface area contributed by atoms with Crippen molar-refractivity contribution in [1.29, 1.82) is 0 Å². The predicted octanol–water partition coefficient (Wildman–Crippen LogP) is 6.85. The van der Waals surface area contributed by atoms with Gasteiger partial charge in [-0.15, -0.1) is 0 Å². The minimum atomic E-state index is -0.473. The molecular formula is C25H20Cl2N2O2S. The molecule has 162 valence electrons. The van der Waals surface area contributed by atoms with Crippen LogP contribution in [0.1, 0.15) is 18.1 Å². The van der Waals surface area contributed by atoms with E-state index in [2.05, 4.69) is 5.32 Å². The zero-order valence-corrected chi connectivity index (χ0v) is 19.8. The van der Waals surface area contributed by atoms with Crippen LogP contribution in [0.25, 0.3) is 0 Å². The van der Waals surface area contributed by atoms with E-state index in [-0.39, 0.29) is 16.4 Å². The summed E-state index contributed by atoms with van der Waals surface area (Å²) in [7, 11) is 0. The van der Waals surface area contributed by atoms with Crippen LogP contribution < -0.4 is 10.2 Å². The van der Waals surface area contributed by atoms with Crippen molar-refractivity contribution in [1.82, 2.24) is 0 Å². The Balaban J connectivity index is 1.79. The average Bonchev–Trinajstić information content (AvgIpc) is 3.01. The van der Waals surface area contributed by atoms with E-state index < -0.39 is 11.8 Å². The molecule has 0 fully saturated rings. The van der Waals surface area contributed by atoms with Gasteiger partial charge in [0.2, 0.25) is 0 Å². The van der Waals surface area contributed by atoms with Crippen LogP contribution in [0.4, 0.5) is 11.4 Å². The molecule has 0 saturated carbocycles. The van der Waals surface area contributed by atoms with E-state index in [0.717, 1.165) is 33.0 Å². The third kappa shape index (κ3) is 4.42. The summed E-state index contributed by atoms with van der Waals surface area (Å²) in [5.74, 6) is -0.916. The number of thioether (sulfide) groups is 1. The van der Waals surface area contributed by atoms with Gasteiger partial charge in [0.1, 0.15) is 10.6 Å². The summed E-state index contributed by atoms with van der Waals surface area (Å²) in [6, 6.07) is 20.2. The maximum absolute atomic E-state index is 13.5. The molecule has 1 heterocycles. The molecule has 0 unspecified atom stereocenters. The van der Waals surface area contributed by atoms with E-state index in [4.69, 9.17) is 23.2 Å². The van der Waals surface area contributed by atoms with E-state index in [0.29, 0.717) is 9.93 Å². The van der Waals surface area contributed by atoms with Gasteiger partial charge in [0.05, 0.1) is 10.7 Å². The van der Waals surface area contributed by atoms with Crippen LogP contribution in [0.2, 0.25) is 10.0 Å². The smallest absolute Gasteiger partial charge is 0.283 e. The largest absolute Gasteiger partial charge is 0.350 e. The minimum absolute atomic E-state index is 0.220. The first-order valence-electron chi connectivity index (χ1n) is 10.1. The molecule has 0 bridgehead atoms. The average molecular weight is 483 g/mol. The number of amides is 2. The lowest BCUT2D eigenvalue weighted by atomic mass is 10.1. The third-order valence-electron chi connectivity index (χ3n) is 5.09. The Kier molecular flexibility index (Phi) is 6.60. The number of hydrogen-bond acceptors (Lipinski definition) is 4. The summed E-state index contributed by atoms with van der Waals surface area (Å²) in [5.41, 5.74) is 3.42. The molecule has 4 rings (SSSR count). The highest BCUT2D eigenvalue weighted by molar-refractivity contribution is 8.04. The van der Waals surface area contributed by atoms with Gasteiger partial charge in [-0.05, 0) is 55.3 Å². The fourth-order valence-corrected chi connectivity index (χ4v) is 4.70. The van der Waals surface area contributed by atoms with E-state index in [1.165, 1.54) is 17.8 Å². The molecule has 3 aromatic rings. The Labute approximate surface area is 201 Å². The highest BCUT2D eigenvalue weighted by Crippen LogP contribution is 2.40. The SMILES string of the molecule is CCc1ccccc1NC1=C(Sc2ccc(C)cc2)C(=O)N(c2cc(Cl)ccc2Cl)C1=O. The van der Waals surface area contributed by atoms with E-state index in [1.807, 2.05) is 62.4 Å². The number of carbonyl (C=O) groups excluding carboxylic acids is 2. The predicted molar refractivity (Wildman–Crippen MR) is 132 cm³/mol. The summed E-state index contributed by atoms with van der Waals surface area (Å²) >= 11 is 13.7. The number of nitrogens with zero attached hydrogens (tertiary/aromatic N) is 1. The molecule has 0 aliphatic carbocycles. The van der Waals surface area contributed by atoms with Crippen LogP contribution in [0.15, 0.2) is 82.2 Å². The van der Waals surface area contributed by atoms with Crippen LogP contribution in [0.5, 0.6) is 0 Å². The number of carbonyl (C=O) groups is 2. The number of rotatable bonds is 6. The van der Waals surface area contributed by atoms with Gasteiger partial charge in [-0.2, -0.15) is 0 Å². The topological polar surface area (TPSA) is 49.4 Å². The molecule has 7 heteroatoms. The summed E-state index contributed by atoms with van der Waals surface area (Å²) in [4.78, 5) is 29.2. The number of hydrogen-bond donors (Lipinski definition) is 1. The van der Waals surface area contributed by atoms with Gasteiger partial charge in [-0.25, -0.2) is 4.90 Å². The molecule has 1 aliphatic heterocycles. The van der Waals surface area contributed by atoms with E-state index in [1.54, 1.807) is 12.1 Å². The monoisotopic (exact) mass is 482 g/mol. The minimum Gasteiger partial charge on any atom is -0.350 e.